The van der Waals surface area contributed by atoms with Crippen LogP contribution in [-0.4, -0.2) is 16.6 Å². The molecule has 0 spiro atoms. The van der Waals surface area contributed by atoms with Gasteiger partial charge in [0.2, 0.25) is 0 Å². The van der Waals surface area contributed by atoms with E-state index < -0.39 is 11.0 Å². The third kappa shape index (κ3) is 4.03. The lowest BCUT2D eigenvalue weighted by Crippen LogP contribution is -2.12. The van der Waals surface area contributed by atoms with Crippen LogP contribution < -0.4 is 5.32 Å². The Kier molecular flexibility index (Phi) is 4.90. The number of hydrogen-bond acceptors (Lipinski definition) is 4. The van der Waals surface area contributed by atoms with Crippen molar-refractivity contribution < 1.29 is 10.0 Å². The van der Waals surface area contributed by atoms with Crippen molar-refractivity contribution in [1.82, 2.24) is 0 Å². The van der Waals surface area contributed by atoms with Gasteiger partial charge < -0.3 is 10.4 Å². The summed E-state index contributed by atoms with van der Waals surface area (Å²) >= 11 is 0. The lowest BCUT2D eigenvalue weighted by Gasteiger charge is -2.13. The van der Waals surface area contributed by atoms with Gasteiger partial charge in [0.15, 0.2) is 0 Å². The molecule has 0 bridgehead atoms. The first kappa shape index (κ1) is 15.0. The van der Waals surface area contributed by atoms with Crippen molar-refractivity contribution in [3.8, 4) is 0 Å². The van der Waals surface area contributed by atoms with Crippen LogP contribution in [0.25, 0.3) is 0 Å². The molecule has 0 saturated heterocycles. The van der Waals surface area contributed by atoms with E-state index in [9.17, 15) is 15.2 Å². The fourth-order valence-electron chi connectivity index (χ4n) is 2.05. The summed E-state index contributed by atoms with van der Waals surface area (Å²) in [6, 6.07) is 14.0. The van der Waals surface area contributed by atoms with Gasteiger partial charge in [-0.15, -0.1) is 0 Å². The van der Waals surface area contributed by atoms with Crippen LogP contribution >= 0.6 is 0 Å². The second kappa shape index (κ2) is 6.85. The maximum atomic E-state index is 10.6. The molecule has 0 radical (unpaired) electrons. The highest BCUT2D eigenvalue weighted by Crippen LogP contribution is 2.19. The highest BCUT2D eigenvalue weighted by atomic mass is 16.6. The topological polar surface area (TPSA) is 75.4 Å². The summed E-state index contributed by atoms with van der Waals surface area (Å²) in [5.41, 5.74) is 2.86. The Morgan fingerprint density at radius 2 is 1.95 bits per heavy atom. The van der Waals surface area contributed by atoms with Gasteiger partial charge in [0.25, 0.3) is 5.69 Å². The zero-order chi connectivity index (χ0) is 15.2. The number of aliphatic hydroxyl groups is 1. The molecule has 2 aromatic carbocycles. The van der Waals surface area contributed by atoms with Crippen molar-refractivity contribution in [2.24, 2.45) is 0 Å². The number of nitrogens with zero attached hydrogens (tertiary/aromatic N) is 1. The SMILES string of the molecule is CCc1cccc(NCC(O)c2ccc([N+](=O)[O-])cc2)c1. The molecule has 5 nitrogen and oxygen atoms in total. The second-order valence-corrected chi connectivity index (χ2v) is 4.80. The maximum absolute atomic E-state index is 10.6. The minimum absolute atomic E-state index is 0.0227. The van der Waals surface area contributed by atoms with Crippen molar-refractivity contribution >= 4 is 11.4 Å². The Bertz CT molecular complexity index is 611. The standard InChI is InChI=1S/C16H18N2O3/c1-2-12-4-3-5-14(10-12)17-11-16(19)13-6-8-15(9-7-13)18(20)21/h3-10,16-17,19H,2,11H2,1H3. The maximum Gasteiger partial charge on any atom is 0.269 e. The Balaban J connectivity index is 1.97. The fraction of sp³-hybridized carbons (Fsp3) is 0.250. The van der Waals surface area contributed by atoms with Crippen LogP contribution in [0, 0.1) is 10.1 Å². The predicted molar refractivity (Wildman–Crippen MR) is 82.4 cm³/mol. The Hall–Kier alpha value is -2.40. The van der Waals surface area contributed by atoms with Gasteiger partial charge in [0.1, 0.15) is 0 Å². The number of nitrogens with one attached hydrogen (secondary N) is 1. The Morgan fingerprint density at radius 3 is 2.57 bits per heavy atom. The van der Waals surface area contributed by atoms with Crippen molar-refractivity contribution in [3.05, 3.63) is 69.8 Å². The molecule has 21 heavy (non-hydrogen) atoms. The second-order valence-electron chi connectivity index (χ2n) is 4.80. The van der Waals surface area contributed by atoms with Gasteiger partial charge in [-0.2, -0.15) is 0 Å². The summed E-state index contributed by atoms with van der Waals surface area (Å²) in [6.45, 7) is 2.44. The molecule has 1 atom stereocenters. The molecule has 0 aliphatic carbocycles. The smallest absolute Gasteiger partial charge is 0.269 e. The van der Waals surface area contributed by atoms with Crippen LogP contribution in [0.2, 0.25) is 0 Å². The summed E-state index contributed by atoms with van der Waals surface area (Å²) in [5, 5.41) is 23.9. The average Bonchev–Trinajstić information content (AvgIpc) is 2.53. The van der Waals surface area contributed by atoms with Gasteiger partial charge >= 0.3 is 0 Å². The molecule has 0 heterocycles. The number of nitro benzene ring substituents is 1. The zero-order valence-corrected chi connectivity index (χ0v) is 11.8. The summed E-state index contributed by atoms with van der Waals surface area (Å²) in [5.74, 6) is 0. The lowest BCUT2D eigenvalue weighted by atomic mass is 10.1. The Morgan fingerprint density at radius 1 is 1.24 bits per heavy atom. The molecule has 0 saturated carbocycles. The summed E-state index contributed by atoms with van der Waals surface area (Å²) in [7, 11) is 0. The van der Waals surface area contributed by atoms with Crippen LogP contribution in [0.1, 0.15) is 24.2 Å². The van der Waals surface area contributed by atoms with E-state index in [-0.39, 0.29) is 5.69 Å². The molecule has 0 amide bonds. The van der Waals surface area contributed by atoms with Gasteiger partial charge in [0, 0.05) is 24.4 Å². The molecule has 2 N–H and O–H groups in total. The summed E-state index contributed by atoms with van der Waals surface area (Å²) in [4.78, 5) is 10.1. The summed E-state index contributed by atoms with van der Waals surface area (Å²) < 4.78 is 0. The largest absolute Gasteiger partial charge is 0.387 e. The van der Waals surface area contributed by atoms with Crippen LogP contribution in [0.5, 0.6) is 0 Å². The van der Waals surface area contributed by atoms with Gasteiger partial charge in [0.05, 0.1) is 11.0 Å². The first-order chi connectivity index (χ1) is 10.1. The van der Waals surface area contributed by atoms with E-state index in [4.69, 9.17) is 0 Å². The number of rotatable bonds is 6. The number of non-ortho nitro benzene ring substituents is 1. The monoisotopic (exact) mass is 286 g/mol. The lowest BCUT2D eigenvalue weighted by molar-refractivity contribution is -0.384. The van der Waals surface area contributed by atoms with Crippen molar-refractivity contribution in [2.75, 3.05) is 11.9 Å². The van der Waals surface area contributed by atoms with E-state index in [1.54, 1.807) is 12.1 Å². The van der Waals surface area contributed by atoms with E-state index >= 15 is 0 Å². The van der Waals surface area contributed by atoms with Crippen LogP contribution in [0.4, 0.5) is 11.4 Å². The van der Waals surface area contributed by atoms with E-state index in [2.05, 4.69) is 18.3 Å². The normalized spacial score (nSPS) is 11.9. The third-order valence-electron chi connectivity index (χ3n) is 3.32. The quantitative estimate of drug-likeness (QED) is 0.631. The number of benzene rings is 2. The molecule has 0 aromatic heterocycles. The minimum Gasteiger partial charge on any atom is -0.387 e. The van der Waals surface area contributed by atoms with Gasteiger partial charge in [-0.05, 0) is 41.8 Å². The van der Waals surface area contributed by atoms with Gasteiger partial charge in [-0.25, -0.2) is 0 Å². The fourth-order valence-corrected chi connectivity index (χ4v) is 2.05. The summed E-state index contributed by atoms with van der Waals surface area (Å²) in [6.07, 6.45) is 0.247. The van der Waals surface area contributed by atoms with E-state index in [1.807, 2.05) is 18.2 Å². The third-order valence-corrected chi connectivity index (χ3v) is 3.32. The number of anilines is 1. The van der Waals surface area contributed by atoms with Crippen LogP contribution in [0.3, 0.4) is 0 Å². The molecule has 2 rings (SSSR count). The number of hydrogen-bond donors (Lipinski definition) is 2. The predicted octanol–water partition coefficient (Wildman–Crippen LogP) is 3.30. The van der Waals surface area contributed by atoms with E-state index in [1.165, 1.54) is 17.7 Å². The molecule has 0 fully saturated rings. The molecule has 0 aliphatic rings. The average molecular weight is 286 g/mol. The van der Waals surface area contributed by atoms with Crippen molar-refractivity contribution in [3.63, 3.8) is 0 Å². The van der Waals surface area contributed by atoms with Crippen LogP contribution in [0.15, 0.2) is 48.5 Å². The number of aryl methyl sites for hydroxylation is 1. The molecule has 0 aliphatic heterocycles. The van der Waals surface area contributed by atoms with Gasteiger partial charge in [-0.3, -0.25) is 10.1 Å². The van der Waals surface area contributed by atoms with Crippen molar-refractivity contribution in [2.45, 2.75) is 19.4 Å². The molecular weight excluding hydrogens is 268 g/mol. The molecule has 2 aromatic rings. The first-order valence-electron chi connectivity index (χ1n) is 6.85. The zero-order valence-electron chi connectivity index (χ0n) is 11.8. The van der Waals surface area contributed by atoms with Gasteiger partial charge in [-0.1, -0.05) is 19.1 Å². The molecule has 110 valence electrons. The number of aliphatic hydroxyl groups excluding tert-OH is 1. The highest BCUT2D eigenvalue weighted by molar-refractivity contribution is 5.46. The molecule has 5 heteroatoms. The molecule has 1 unspecified atom stereocenters. The Labute approximate surface area is 123 Å². The number of nitro groups is 1. The first-order valence-corrected chi connectivity index (χ1v) is 6.85. The van der Waals surface area contributed by atoms with E-state index in [0.717, 1.165) is 12.1 Å². The highest BCUT2D eigenvalue weighted by Gasteiger charge is 2.10. The molecular formula is C16H18N2O3. The van der Waals surface area contributed by atoms with Crippen LogP contribution in [-0.2, 0) is 6.42 Å². The van der Waals surface area contributed by atoms with E-state index in [0.29, 0.717) is 12.1 Å². The van der Waals surface area contributed by atoms with Crippen molar-refractivity contribution in [1.29, 1.82) is 0 Å². The minimum atomic E-state index is -0.712.